The molecular formula is C6H8BrN3O3. The molecule has 0 aliphatic carbocycles. The molecule has 0 fully saturated rings. The van der Waals surface area contributed by atoms with Gasteiger partial charge in [-0.3, -0.25) is 0 Å². The van der Waals surface area contributed by atoms with Crippen molar-refractivity contribution in [1.82, 2.24) is 14.8 Å². The van der Waals surface area contributed by atoms with Crippen LogP contribution < -0.4 is 0 Å². The minimum absolute atomic E-state index is 0.00595. The third kappa shape index (κ3) is 2.25. The molecule has 6 nitrogen and oxygen atoms in total. The van der Waals surface area contributed by atoms with Gasteiger partial charge in [0.1, 0.15) is 6.73 Å². The van der Waals surface area contributed by atoms with Gasteiger partial charge in [-0.15, -0.1) is 5.10 Å². The summed E-state index contributed by atoms with van der Waals surface area (Å²) >= 11 is 3.12. The maximum absolute atomic E-state index is 11.0. The van der Waals surface area contributed by atoms with Gasteiger partial charge in [0, 0.05) is 7.11 Å². The number of carbonyl (C=O) groups excluding carboxylic acids is 1. The number of methoxy groups -OCH3 is 2. The second kappa shape index (κ2) is 4.33. The molecule has 0 unspecified atom stereocenters. The third-order valence-electron chi connectivity index (χ3n) is 1.25. The van der Waals surface area contributed by atoms with E-state index in [1.54, 1.807) is 0 Å². The number of rotatable bonds is 3. The summed E-state index contributed by atoms with van der Waals surface area (Å²) in [6.07, 6.45) is 0. The molecule has 0 radical (unpaired) electrons. The van der Waals surface area contributed by atoms with Gasteiger partial charge in [-0.25, -0.2) is 9.48 Å². The number of nitrogens with zero attached hydrogens (tertiary/aromatic N) is 3. The van der Waals surface area contributed by atoms with Crippen LogP contribution in [-0.2, 0) is 16.2 Å². The van der Waals surface area contributed by atoms with Gasteiger partial charge in [0.05, 0.1) is 7.11 Å². The normalized spacial score (nSPS) is 10.1. The van der Waals surface area contributed by atoms with E-state index in [0.717, 1.165) is 0 Å². The first-order valence-electron chi connectivity index (χ1n) is 3.36. The predicted octanol–water partition coefficient (Wildman–Crippen LogP) is 0.431. The Labute approximate surface area is 83.0 Å². The fourth-order valence-electron chi connectivity index (χ4n) is 0.705. The zero-order chi connectivity index (χ0) is 9.84. The second-order valence-electron chi connectivity index (χ2n) is 2.11. The lowest BCUT2D eigenvalue weighted by Crippen LogP contribution is -2.06. The van der Waals surface area contributed by atoms with Crippen molar-refractivity contribution in [1.29, 1.82) is 0 Å². The Morgan fingerprint density at radius 2 is 2.31 bits per heavy atom. The van der Waals surface area contributed by atoms with E-state index in [4.69, 9.17) is 4.74 Å². The molecule has 0 aromatic carbocycles. The van der Waals surface area contributed by atoms with Crippen molar-refractivity contribution >= 4 is 21.9 Å². The Kier molecular flexibility index (Phi) is 3.38. The fraction of sp³-hybridized carbons (Fsp3) is 0.500. The molecule has 1 aromatic rings. The highest BCUT2D eigenvalue weighted by atomic mass is 79.9. The molecule has 13 heavy (non-hydrogen) atoms. The average Bonchev–Trinajstić information content (AvgIpc) is 2.47. The SMILES string of the molecule is COCn1nc(C(=O)OC)nc1Br. The minimum Gasteiger partial charge on any atom is -0.463 e. The molecule has 1 rings (SSSR count). The zero-order valence-corrected chi connectivity index (χ0v) is 8.74. The average molecular weight is 250 g/mol. The van der Waals surface area contributed by atoms with Gasteiger partial charge >= 0.3 is 5.97 Å². The van der Waals surface area contributed by atoms with Gasteiger partial charge < -0.3 is 9.47 Å². The van der Waals surface area contributed by atoms with Crippen LogP contribution in [0.4, 0.5) is 0 Å². The Hall–Kier alpha value is -0.950. The van der Waals surface area contributed by atoms with Gasteiger partial charge in [0.15, 0.2) is 4.73 Å². The number of halogens is 1. The van der Waals surface area contributed by atoms with Crippen LogP contribution in [0.2, 0.25) is 0 Å². The first-order valence-corrected chi connectivity index (χ1v) is 4.16. The second-order valence-corrected chi connectivity index (χ2v) is 2.82. The van der Waals surface area contributed by atoms with Crippen LogP contribution in [-0.4, -0.2) is 35.0 Å². The zero-order valence-electron chi connectivity index (χ0n) is 7.15. The van der Waals surface area contributed by atoms with E-state index in [1.165, 1.54) is 18.9 Å². The van der Waals surface area contributed by atoms with Crippen molar-refractivity contribution in [3.8, 4) is 0 Å². The summed E-state index contributed by atoms with van der Waals surface area (Å²) in [5.41, 5.74) is 0. The van der Waals surface area contributed by atoms with E-state index in [9.17, 15) is 4.79 Å². The number of ether oxygens (including phenoxy) is 2. The molecule has 1 heterocycles. The first kappa shape index (κ1) is 10.1. The molecule has 0 saturated heterocycles. The summed E-state index contributed by atoms with van der Waals surface area (Å²) in [6.45, 7) is 0.227. The van der Waals surface area contributed by atoms with E-state index >= 15 is 0 Å². The van der Waals surface area contributed by atoms with Crippen molar-refractivity contribution in [3.05, 3.63) is 10.6 Å². The lowest BCUT2D eigenvalue weighted by atomic mass is 10.6. The Morgan fingerprint density at radius 1 is 1.62 bits per heavy atom. The number of esters is 1. The molecule has 1 aromatic heterocycles. The van der Waals surface area contributed by atoms with Crippen molar-refractivity contribution in [3.63, 3.8) is 0 Å². The van der Waals surface area contributed by atoms with Crippen LogP contribution >= 0.6 is 15.9 Å². The van der Waals surface area contributed by atoms with Gasteiger partial charge in [-0.2, -0.15) is 4.98 Å². The van der Waals surface area contributed by atoms with Crippen LogP contribution in [0.5, 0.6) is 0 Å². The summed E-state index contributed by atoms with van der Waals surface area (Å²) in [5, 5.41) is 3.83. The highest BCUT2D eigenvalue weighted by Gasteiger charge is 2.14. The van der Waals surface area contributed by atoms with Gasteiger partial charge in [0.2, 0.25) is 0 Å². The first-order chi connectivity index (χ1) is 6.19. The molecule has 0 bridgehead atoms. The molecule has 0 N–H and O–H groups in total. The number of carbonyl (C=O) groups is 1. The summed E-state index contributed by atoms with van der Waals surface area (Å²) < 4.78 is 11.1. The lowest BCUT2D eigenvalue weighted by molar-refractivity contribution is 0.0583. The van der Waals surface area contributed by atoms with E-state index in [0.29, 0.717) is 4.73 Å². The van der Waals surface area contributed by atoms with E-state index < -0.39 is 5.97 Å². The van der Waals surface area contributed by atoms with E-state index in [2.05, 4.69) is 30.7 Å². The molecule has 0 saturated carbocycles. The minimum atomic E-state index is -0.574. The summed E-state index contributed by atoms with van der Waals surface area (Å²) in [6, 6.07) is 0. The van der Waals surface area contributed by atoms with Crippen molar-refractivity contribution in [2.24, 2.45) is 0 Å². The van der Waals surface area contributed by atoms with Gasteiger partial charge in [0.25, 0.3) is 5.82 Å². The van der Waals surface area contributed by atoms with Crippen LogP contribution in [0.3, 0.4) is 0 Å². The molecule has 0 amide bonds. The topological polar surface area (TPSA) is 66.2 Å². The maximum Gasteiger partial charge on any atom is 0.377 e. The Balaban J connectivity index is 2.88. The number of hydrogen-bond acceptors (Lipinski definition) is 5. The fourth-order valence-corrected chi connectivity index (χ4v) is 1.05. The van der Waals surface area contributed by atoms with Gasteiger partial charge in [-0.05, 0) is 15.9 Å². The number of aromatic nitrogens is 3. The Bertz CT molecular complexity index is 312. The van der Waals surface area contributed by atoms with Crippen LogP contribution in [0.1, 0.15) is 10.6 Å². The molecule has 7 heteroatoms. The predicted molar refractivity (Wildman–Crippen MR) is 46.1 cm³/mol. The number of hydrogen-bond donors (Lipinski definition) is 0. The highest BCUT2D eigenvalue weighted by Crippen LogP contribution is 2.07. The summed E-state index contributed by atoms with van der Waals surface area (Å²) in [4.78, 5) is 14.8. The van der Waals surface area contributed by atoms with Crippen molar-refractivity contribution in [2.75, 3.05) is 14.2 Å². The van der Waals surface area contributed by atoms with E-state index in [-0.39, 0.29) is 12.6 Å². The summed E-state index contributed by atoms with van der Waals surface area (Å²) in [7, 11) is 2.79. The largest absolute Gasteiger partial charge is 0.463 e. The lowest BCUT2D eigenvalue weighted by Gasteiger charge is -1.97. The van der Waals surface area contributed by atoms with Gasteiger partial charge in [-0.1, -0.05) is 0 Å². The van der Waals surface area contributed by atoms with Crippen molar-refractivity contribution < 1.29 is 14.3 Å². The molecule has 0 atom stereocenters. The van der Waals surface area contributed by atoms with Crippen molar-refractivity contribution in [2.45, 2.75) is 6.73 Å². The smallest absolute Gasteiger partial charge is 0.377 e. The summed E-state index contributed by atoms with van der Waals surface area (Å²) in [5.74, 6) is -0.568. The molecule has 72 valence electrons. The molecule has 0 aliphatic heterocycles. The van der Waals surface area contributed by atoms with Crippen LogP contribution in [0, 0.1) is 0 Å². The highest BCUT2D eigenvalue weighted by molar-refractivity contribution is 9.10. The quantitative estimate of drug-likeness (QED) is 0.728. The molecular weight excluding hydrogens is 242 g/mol. The standard InChI is InChI=1S/C6H8BrN3O3/c1-12-3-10-6(7)8-4(9-10)5(11)13-2/h3H2,1-2H3. The van der Waals surface area contributed by atoms with E-state index in [1.807, 2.05) is 0 Å². The Morgan fingerprint density at radius 3 is 2.85 bits per heavy atom. The monoisotopic (exact) mass is 249 g/mol. The molecule has 0 spiro atoms. The van der Waals surface area contributed by atoms with Crippen LogP contribution in [0.15, 0.2) is 4.73 Å². The molecule has 0 aliphatic rings. The maximum atomic E-state index is 11.0. The third-order valence-corrected chi connectivity index (χ3v) is 1.83. The van der Waals surface area contributed by atoms with Crippen LogP contribution in [0.25, 0.3) is 0 Å².